The molecule has 222 valence electrons. The van der Waals surface area contributed by atoms with Gasteiger partial charge in [0.25, 0.3) is 20.2 Å². The normalized spacial score (nSPS) is 15.0. The second-order valence-corrected chi connectivity index (χ2v) is 11.5. The Balaban J connectivity index is 0.000000285. The fourth-order valence-electron chi connectivity index (χ4n) is 3.61. The molecule has 0 aliphatic rings. The average molecular weight is 605 g/mol. The maximum atomic E-state index is 11.2. The van der Waals surface area contributed by atoms with Gasteiger partial charge in [-0.05, 0) is 36.4 Å². The first kappa shape index (κ1) is 33.3. The molecule has 10 N–H and O–H groups in total. The molecule has 0 fully saturated rings. The minimum Gasteiger partial charge on any atom is -0.399 e. The van der Waals surface area contributed by atoms with Crippen LogP contribution in [-0.4, -0.2) is 107 Å². The van der Waals surface area contributed by atoms with Crippen LogP contribution in [0.4, 0.5) is 11.4 Å². The van der Waals surface area contributed by atoms with Gasteiger partial charge in [0.15, 0.2) is 0 Å². The standard InChI is InChI=1S/C14H24N2O6.C10H8O6S2/c15-9-1-3-10(4-2-9)16(5-11(19)13(21)7-17)6-12(20)14(22)8-18;11-17(12,13)9-5-1-3-7-8(9)4-2-6-10(7)18(14,15)16/h1-4,11-14,17-22H,5-8,15H2;1-6H,(H,11,12,13)(H,14,15,16). The molecular formula is C24H32N2O12S2. The molecule has 0 bridgehead atoms. The van der Waals surface area contributed by atoms with Crippen LogP contribution in [0.2, 0.25) is 0 Å². The van der Waals surface area contributed by atoms with E-state index in [4.69, 9.17) is 25.1 Å². The third kappa shape index (κ3) is 9.07. The van der Waals surface area contributed by atoms with Crippen molar-refractivity contribution in [3.63, 3.8) is 0 Å². The summed E-state index contributed by atoms with van der Waals surface area (Å²) in [6.07, 6.45) is -5.14. The summed E-state index contributed by atoms with van der Waals surface area (Å²) in [5.74, 6) is 0. The Morgan fingerprint density at radius 3 is 1.32 bits per heavy atom. The van der Waals surface area contributed by atoms with E-state index in [9.17, 15) is 37.3 Å². The molecule has 0 saturated heterocycles. The molecule has 3 aromatic carbocycles. The van der Waals surface area contributed by atoms with Gasteiger partial charge in [-0.2, -0.15) is 16.8 Å². The van der Waals surface area contributed by atoms with Crippen LogP contribution >= 0.6 is 0 Å². The van der Waals surface area contributed by atoms with Crippen LogP contribution in [-0.2, 0) is 20.2 Å². The number of aliphatic hydroxyl groups excluding tert-OH is 6. The Morgan fingerprint density at radius 1 is 0.625 bits per heavy atom. The fourth-order valence-corrected chi connectivity index (χ4v) is 5.02. The summed E-state index contributed by atoms with van der Waals surface area (Å²) in [6.45, 7) is -1.36. The smallest absolute Gasteiger partial charge is 0.295 e. The second kappa shape index (κ2) is 14.1. The van der Waals surface area contributed by atoms with Gasteiger partial charge in [0.1, 0.15) is 22.0 Å². The Labute approximate surface area is 230 Å². The summed E-state index contributed by atoms with van der Waals surface area (Å²) in [5, 5.41) is 56.4. The predicted octanol–water partition coefficient (Wildman–Crippen LogP) is -1.16. The van der Waals surface area contributed by atoms with E-state index in [1.807, 2.05) is 0 Å². The zero-order chi connectivity index (χ0) is 30.3. The van der Waals surface area contributed by atoms with Gasteiger partial charge in [0.05, 0.1) is 25.4 Å². The molecule has 0 aliphatic carbocycles. The van der Waals surface area contributed by atoms with Gasteiger partial charge in [-0.25, -0.2) is 0 Å². The Morgan fingerprint density at radius 2 is 1.00 bits per heavy atom. The van der Waals surface area contributed by atoms with Crippen molar-refractivity contribution in [2.24, 2.45) is 0 Å². The highest BCUT2D eigenvalue weighted by Crippen LogP contribution is 2.28. The van der Waals surface area contributed by atoms with E-state index in [2.05, 4.69) is 0 Å². The monoisotopic (exact) mass is 604 g/mol. The summed E-state index contributed by atoms with van der Waals surface area (Å²) in [6, 6.07) is 14.1. The van der Waals surface area contributed by atoms with E-state index in [-0.39, 0.29) is 23.9 Å². The largest absolute Gasteiger partial charge is 0.399 e. The molecule has 0 aliphatic heterocycles. The SMILES string of the molecule is Nc1ccc(N(CC(O)C(O)CO)CC(O)C(O)CO)cc1.O=S(=O)(O)c1cccc2c(S(=O)(=O)O)cccc12. The molecule has 0 spiro atoms. The van der Waals surface area contributed by atoms with Crippen LogP contribution in [0.15, 0.2) is 70.5 Å². The number of anilines is 2. The molecule has 4 unspecified atom stereocenters. The quantitative estimate of drug-likeness (QED) is 0.0924. The van der Waals surface area contributed by atoms with E-state index in [1.54, 1.807) is 24.3 Å². The van der Waals surface area contributed by atoms with Crippen molar-refractivity contribution in [3.8, 4) is 0 Å². The maximum Gasteiger partial charge on any atom is 0.295 e. The van der Waals surface area contributed by atoms with Crippen molar-refractivity contribution in [1.82, 2.24) is 0 Å². The van der Waals surface area contributed by atoms with Crippen LogP contribution in [0, 0.1) is 0 Å². The molecule has 3 rings (SSSR count). The summed E-state index contributed by atoms with van der Waals surface area (Å²) < 4.78 is 62.7. The van der Waals surface area contributed by atoms with Gasteiger partial charge in [0.2, 0.25) is 0 Å². The summed E-state index contributed by atoms with van der Waals surface area (Å²) in [7, 11) is -8.94. The molecule has 0 aromatic heterocycles. The molecule has 3 aromatic rings. The number of nitrogens with two attached hydrogens (primary N) is 1. The van der Waals surface area contributed by atoms with Crippen molar-refractivity contribution >= 4 is 42.4 Å². The van der Waals surface area contributed by atoms with Crippen LogP contribution in [0.1, 0.15) is 0 Å². The number of hydrogen-bond acceptors (Lipinski definition) is 12. The minimum absolute atomic E-state index is 0.0233. The molecule has 0 saturated carbocycles. The lowest BCUT2D eigenvalue weighted by Crippen LogP contribution is -2.46. The van der Waals surface area contributed by atoms with Crippen LogP contribution in [0.3, 0.4) is 0 Å². The molecule has 4 atom stereocenters. The first-order valence-electron chi connectivity index (χ1n) is 11.6. The zero-order valence-electron chi connectivity index (χ0n) is 21.0. The fraction of sp³-hybridized carbons (Fsp3) is 0.333. The molecule has 40 heavy (non-hydrogen) atoms. The van der Waals surface area contributed by atoms with Crippen molar-refractivity contribution in [1.29, 1.82) is 0 Å². The predicted molar refractivity (Wildman–Crippen MR) is 145 cm³/mol. The summed E-state index contributed by atoms with van der Waals surface area (Å²) >= 11 is 0. The van der Waals surface area contributed by atoms with Gasteiger partial charge in [-0.3, -0.25) is 9.11 Å². The molecule has 0 radical (unpaired) electrons. The lowest BCUT2D eigenvalue weighted by molar-refractivity contribution is -0.0198. The van der Waals surface area contributed by atoms with Crippen LogP contribution in [0.25, 0.3) is 10.8 Å². The Kier molecular flexibility index (Phi) is 11.8. The van der Waals surface area contributed by atoms with E-state index in [0.717, 1.165) is 12.1 Å². The highest BCUT2D eigenvalue weighted by Gasteiger charge is 2.24. The maximum absolute atomic E-state index is 11.2. The number of fused-ring (bicyclic) bond motifs is 1. The summed E-state index contributed by atoms with van der Waals surface area (Å²) in [5.41, 5.74) is 6.74. The molecule has 14 nitrogen and oxygen atoms in total. The Bertz CT molecular complexity index is 1380. The number of nitrogen functional groups attached to an aromatic ring is 1. The number of benzene rings is 3. The van der Waals surface area contributed by atoms with E-state index in [0.29, 0.717) is 11.4 Å². The van der Waals surface area contributed by atoms with Gasteiger partial charge in [0, 0.05) is 35.2 Å². The molecular weight excluding hydrogens is 572 g/mol. The lowest BCUT2D eigenvalue weighted by atomic mass is 10.1. The van der Waals surface area contributed by atoms with Crippen molar-refractivity contribution in [2.45, 2.75) is 34.2 Å². The van der Waals surface area contributed by atoms with E-state index >= 15 is 0 Å². The second-order valence-electron chi connectivity index (χ2n) is 8.69. The molecule has 16 heteroatoms. The molecule has 0 amide bonds. The topological polar surface area (TPSA) is 259 Å². The third-order valence-electron chi connectivity index (χ3n) is 5.73. The highest BCUT2D eigenvalue weighted by molar-refractivity contribution is 7.86. The van der Waals surface area contributed by atoms with Gasteiger partial charge in [-0.1, -0.05) is 24.3 Å². The van der Waals surface area contributed by atoms with Crippen molar-refractivity contribution in [3.05, 3.63) is 60.7 Å². The minimum atomic E-state index is -4.47. The van der Waals surface area contributed by atoms with Crippen LogP contribution < -0.4 is 10.6 Å². The number of aliphatic hydroxyl groups is 6. The molecule has 0 heterocycles. The van der Waals surface area contributed by atoms with E-state index < -0.39 is 67.7 Å². The highest BCUT2D eigenvalue weighted by atomic mass is 32.2. The third-order valence-corrected chi connectivity index (χ3v) is 7.56. The lowest BCUT2D eigenvalue weighted by Gasteiger charge is -2.31. The van der Waals surface area contributed by atoms with Gasteiger partial charge >= 0.3 is 0 Å². The van der Waals surface area contributed by atoms with Crippen LogP contribution in [0.5, 0.6) is 0 Å². The van der Waals surface area contributed by atoms with Gasteiger partial charge in [-0.15, -0.1) is 0 Å². The average Bonchev–Trinajstić information content (AvgIpc) is 2.90. The van der Waals surface area contributed by atoms with E-state index in [1.165, 1.54) is 29.2 Å². The number of hydrogen-bond donors (Lipinski definition) is 9. The first-order chi connectivity index (χ1) is 18.6. The van der Waals surface area contributed by atoms with Crippen molar-refractivity contribution < 1.29 is 56.6 Å². The first-order valence-corrected chi connectivity index (χ1v) is 14.5. The number of rotatable bonds is 11. The summed E-state index contributed by atoms with van der Waals surface area (Å²) in [4.78, 5) is 0.697. The van der Waals surface area contributed by atoms with Gasteiger partial charge < -0.3 is 41.3 Å². The number of nitrogens with zero attached hydrogens (tertiary/aromatic N) is 1. The van der Waals surface area contributed by atoms with Crippen molar-refractivity contribution in [2.75, 3.05) is 36.9 Å². The zero-order valence-corrected chi connectivity index (χ0v) is 22.6. The Hall–Kier alpha value is -2.90.